The highest BCUT2D eigenvalue weighted by molar-refractivity contribution is 7.90. The second-order valence-electron chi connectivity index (χ2n) is 5.27. The lowest BCUT2D eigenvalue weighted by Gasteiger charge is -2.28. The molecular formula is C10H18N2O4S. The van der Waals surface area contributed by atoms with Crippen molar-refractivity contribution in [2.75, 3.05) is 12.0 Å². The van der Waals surface area contributed by atoms with Gasteiger partial charge < -0.3 is 5.32 Å². The van der Waals surface area contributed by atoms with Gasteiger partial charge in [-0.05, 0) is 27.2 Å². The van der Waals surface area contributed by atoms with Crippen molar-refractivity contribution in [2.45, 2.75) is 38.8 Å². The molecule has 17 heavy (non-hydrogen) atoms. The van der Waals surface area contributed by atoms with Gasteiger partial charge in [0.25, 0.3) is 5.91 Å². The number of carbonyl (C=O) groups excluding carboxylic acids is 2. The third-order valence-corrected chi connectivity index (χ3v) is 3.44. The molecule has 0 spiro atoms. The number of hydrogen-bond acceptors (Lipinski definition) is 4. The van der Waals surface area contributed by atoms with Gasteiger partial charge in [-0.2, -0.15) is 0 Å². The molecule has 0 aromatic heterocycles. The Balaban J connectivity index is 2.76. The Bertz CT molecular complexity index is 436. The molecule has 98 valence electrons. The maximum absolute atomic E-state index is 11.9. The molecule has 1 aliphatic heterocycles. The number of nitrogens with one attached hydrogen (secondary N) is 1. The van der Waals surface area contributed by atoms with Crippen molar-refractivity contribution in [3.05, 3.63) is 0 Å². The zero-order valence-electron chi connectivity index (χ0n) is 10.5. The van der Waals surface area contributed by atoms with Crippen molar-refractivity contribution >= 4 is 21.8 Å². The van der Waals surface area contributed by atoms with Crippen molar-refractivity contribution < 1.29 is 18.0 Å². The van der Waals surface area contributed by atoms with Crippen molar-refractivity contribution in [2.24, 2.45) is 0 Å². The monoisotopic (exact) mass is 262 g/mol. The van der Waals surface area contributed by atoms with E-state index in [-0.39, 0.29) is 18.1 Å². The van der Waals surface area contributed by atoms with E-state index >= 15 is 0 Å². The molecule has 1 unspecified atom stereocenters. The van der Waals surface area contributed by atoms with E-state index in [0.29, 0.717) is 0 Å². The molecule has 0 bridgehead atoms. The van der Waals surface area contributed by atoms with Gasteiger partial charge in [-0.15, -0.1) is 0 Å². The first-order chi connectivity index (χ1) is 7.52. The molecule has 6 nitrogen and oxygen atoms in total. The number of carbonyl (C=O) groups is 2. The molecule has 1 saturated heterocycles. The Kier molecular flexibility index (Phi) is 3.52. The number of sulfone groups is 1. The van der Waals surface area contributed by atoms with Crippen LogP contribution in [0.15, 0.2) is 0 Å². The summed E-state index contributed by atoms with van der Waals surface area (Å²) in [6.07, 6.45) is 1.23. The summed E-state index contributed by atoms with van der Waals surface area (Å²) in [6, 6.07) is -1.18. The van der Waals surface area contributed by atoms with E-state index in [1.165, 1.54) is 0 Å². The lowest BCUT2D eigenvalue weighted by atomic mass is 10.1. The fourth-order valence-electron chi connectivity index (χ4n) is 1.69. The number of rotatable bonds is 3. The lowest BCUT2D eigenvalue weighted by Crippen LogP contribution is -2.46. The number of urea groups is 1. The fraction of sp³-hybridized carbons (Fsp3) is 0.800. The van der Waals surface area contributed by atoms with Crippen LogP contribution in [0.25, 0.3) is 0 Å². The summed E-state index contributed by atoms with van der Waals surface area (Å²) in [6.45, 7) is 5.26. The minimum absolute atomic E-state index is 0.109. The topological polar surface area (TPSA) is 83.6 Å². The Morgan fingerprint density at radius 3 is 2.18 bits per heavy atom. The fourth-order valence-corrected chi connectivity index (χ4v) is 2.36. The molecule has 0 saturated carbocycles. The maximum Gasteiger partial charge on any atom is 0.325 e. The second kappa shape index (κ2) is 4.29. The van der Waals surface area contributed by atoms with Crippen LogP contribution in [0.1, 0.15) is 27.2 Å². The summed E-state index contributed by atoms with van der Waals surface area (Å²) in [5.74, 6) is -0.465. The molecule has 0 aromatic rings. The van der Waals surface area contributed by atoms with E-state index < -0.39 is 27.4 Å². The molecule has 1 N–H and O–H groups in total. The molecule has 1 aliphatic rings. The van der Waals surface area contributed by atoms with Gasteiger partial charge in [-0.25, -0.2) is 13.2 Å². The Morgan fingerprint density at radius 1 is 1.29 bits per heavy atom. The summed E-state index contributed by atoms with van der Waals surface area (Å²) in [5, 5.41) is 2.51. The first kappa shape index (κ1) is 14.0. The number of hydrogen-bond donors (Lipinski definition) is 1. The van der Waals surface area contributed by atoms with Crippen LogP contribution in [0.4, 0.5) is 4.79 Å². The molecule has 7 heteroatoms. The Hall–Kier alpha value is -1.11. The Labute approximate surface area is 101 Å². The Morgan fingerprint density at radius 2 is 1.82 bits per heavy atom. The quantitative estimate of drug-likeness (QED) is 0.733. The number of amides is 3. The van der Waals surface area contributed by atoms with Crippen LogP contribution in [0, 0.1) is 0 Å². The SMILES string of the molecule is CC(C)(C)N1C(=O)NC(CCS(C)(=O)=O)C1=O. The van der Waals surface area contributed by atoms with Crippen molar-refractivity contribution in [1.82, 2.24) is 10.2 Å². The van der Waals surface area contributed by atoms with Gasteiger partial charge in [0.05, 0.1) is 5.75 Å². The van der Waals surface area contributed by atoms with Gasteiger partial charge in [-0.3, -0.25) is 9.69 Å². The van der Waals surface area contributed by atoms with Crippen molar-refractivity contribution in [3.63, 3.8) is 0 Å². The number of imide groups is 1. The van der Waals surface area contributed by atoms with E-state index in [0.717, 1.165) is 11.2 Å². The average Bonchev–Trinajstić information content (AvgIpc) is 2.35. The molecule has 0 aromatic carbocycles. The van der Waals surface area contributed by atoms with Gasteiger partial charge in [0.15, 0.2) is 0 Å². The lowest BCUT2D eigenvalue weighted by molar-refractivity contribution is -0.130. The molecule has 1 heterocycles. The van der Waals surface area contributed by atoms with E-state index in [1.54, 1.807) is 20.8 Å². The largest absolute Gasteiger partial charge is 0.326 e. The highest BCUT2D eigenvalue weighted by Crippen LogP contribution is 2.20. The molecule has 1 rings (SSSR count). The highest BCUT2D eigenvalue weighted by atomic mass is 32.2. The van der Waals surface area contributed by atoms with Crippen LogP contribution < -0.4 is 5.32 Å². The standard InChI is InChI=1S/C10H18N2O4S/c1-10(2,3)12-8(13)7(11-9(12)14)5-6-17(4,15)16/h7H,5-6H2,1-4H3,(H,11,14). The summed E-state index contributed by atoms with van der Waals surface area (Å²) < 4.78 is 22.0. The summed E-state index contributed by atoms with van der Waals surface area (Å²) in [7, 11) is -3.13. The van der Waals surface area contributed by atoms with Gasteiger partial charge in [0, 0.05) is 11.8 Å². The zero-order chi connectivity index (χ0) is 13.4. The summed E-state index contributed by atoms with van der Waals surface area (Å²) in [4.78, 5) is 24.7. The predicted molar refractivity (Wildman–Crippen MR) is 63.2 cm³/mol. The van der Waals surface area contributed by atoms with Crippen LogP contribution >= 0.6 is 0 Å². The minimum Gasteiger partial charge on any atom is -0.326 e. The van der Waals surface area contributed by atoms with E-state index in [1.807, 2.05) is 0 Å². The maximum atomic E-state index is 11.9. The van der Waals surface area contributed by atoms with Crippen molar-refractivity contribution in [1.29, 1.82) is 0 Å². The minimum atomic E-state index is -3.13. The molecule has 3 amide bonds. The molecular weight excluding hydrogens is 244 g/mol. The molecule has 0 aliphatic carbocycles. The molecule has 1 fully saturated rings. The summed E-state index contributed by atoms with van der Waals surface area (Å²) >= 11 is 0. The first-order valence-electron chi connectivity index (χ1n) is 5.34. The first-order valence-corrected chi connectivity index (χ1v) is 7.41. The van der Waals surface area contributed by atoms with Crippen LogP contribution in [-0.2, 0) is 14.6 Å². The third-order valence-electron chi connectivity index (χ3n) is 2.47. The zero-order valence-corrected chi connectivity index (χ0v) is 11.3. The smallest absolute Gasteiger partial charge is 0.325 e. The number of nitrogens with zero attached hydrogens (tertiary/aromatic N) is 1. The van der Waals surface area contributed by atoms with Crippen LogP contribution in [0.5, 0.6) is 0 Å². The van der Waals surface area contributed by atoms with Crippen LogP contribution in [0.3, 0.4) is 0 Å². The summed E-state index contributed by atoms with van der Waals surface area (Å²) in [5.41, 5.74) is -0.596. The van der Waals surface area contributed by atoms with Gasteiger partial charge >= 0.3 is 6.03 Å². The highest BCUT2D eigenvalue weighted by Gasteiger charge is 2.43. The average molecular weight is 262 g/mol. The normalized spacial score (nSPS) is 21.9. The molecule has 0 radical (unpaired) electrons. The second-order valence-corrected chi connectivity index (χ2v) is 7.52. The van der Waals surface area contributed by atoms with Gasteiger partial charge in [0.1, 0.15) is 15.9 Å². The molecule has 1 atom stereocenters. The van der Waals surface area contributed by atoms with E-state index in [2.05, 4.69) is 5.32 Å². The van der Waals surface area contributed by atoms with E-state index in [9.17, 15) is 18.0 Å². The van der Waals surface area contributed by atoms with Crippen LogP contribution in [0.2, 0.25) is 0 Å². The van der Waals surface area contributed by atoms with Crippen molar-refractivity contribution in [3.8, 4) is 0 Å². The predicted octanol–water partition coefficient (Wildman–Crippen LogP) is 0.140. The van der Waals surface area contributed by atoms with Gasteiger partial charge in [-0.1, -0.05) is 0 Å². The van der Waals surface area contributed by atoms with E-state index in [4.69, 9.17) is 0 Å². The third kappa shape index (κ3) is 3.42. The van der Waals surface area contributed by atoms with Gasteiger partial charge in [0.2, 0.25) is 0 Å². The van der Waals surface area contributed by atoms with Crippen LogP contribution in [-0.4, -0.2) is 48.8 Å².